The molecular weight excluding hydrogens is 549 g/mol. The smallest absolute Gasteiger partial charge is 0.148 e. The molecule has 0 N–H and O–H groups in total. The molecule has 6 nitrogen and oxygen atoms in total. The zero-order chi connectivity index (χ0) is 28.3. The van der Waals surface area contributed by atoms with E-state index in [2.05, 4.69) is 126 Å². The first-order valence-corrected chi connectivity index (χ1v) is 14.9. The SMILES string of the molecule is c1cncc(-n2c3ccccc3c3cc(-c4nnc(-c5ccc6c(c5)c5ccccc5n6-c5cccnc5)s4)ccc32)c1. The van der Waals surface area contributed by atoms with E-state index in [4.69, 9.17) is 0 Å². The molecule has 0 spiro atoms. The molecule has 0 atom stereocenters. The van der Waals surface area contributed by atoms with Crippen LogP contribution >= 0.6 is 11.3 Å². The van der Waals surface area contributed by atoms with Crippen molar-refractivity contribution in [2.45, 2.75) is 0 Å². The number of rotatable bonds is 4. The highest BCUT2D eigenvalue weighted by Gasteiger charge is 2.17. The predicted octanol–water partition coefficient (Wildman–Crippen LogP) is 8.86. The summed E-state index contributed by atoms with van der Waals surface area (Å²) >= 11 is 1.62. The molecule has 0 radical (unpaired) electrons. The molecule has 43 heavy (non-hydrogen) atoms. The summed E-state index contributed by atoms with van der Waals surface area (Å²) in [6.07, 6.45) is 7.42. The maximum atomic E-state index is 4.65. The maximum Gasteiger partial charge on any atom is 0.148 e. The summed E-state index contributed by atoms with van der Waals surface area (Å²) in [6, 6.07) is 38.3. The second-order valence-electron chi connectivity index (χ2n) is 10.5. The molecule has 9 aromatic rings. The number of benzene rings is 4. The van der Waals surface area contributed by atoms with Gasteiger partial charge in [-0.25, -0.2) is 0 Å². The number of para-hydroxylation sites is 2. The number of fused-ring (bicyclic) bond motifs is 6. The zero-order valence-corrected chi connectivity index (χ0v) is 23.6. The molecule has 7 heteroatoms. The lowest BCUT2D eigenvalue weighted by Crippen LogP contribution is -1.93. The van der Waals surface area contributed by atoms with Crippen LogP contribution in [0, 0.1) is 0 Å². The van der Waals surface area contributed by atoms with E-state index in [-0.39, 0.29) is 0 Å². The Balaban J connectivity index is 1.16. The van der Waals surface area contributed by atoms with Gasteiger partial charge in [0.05, 0.1) is 45.8 Å². The van der Waals surface area contributed by atoms with Crippen molar-refractivity contribution >= 4 is 54.9 Å². The number of nitrogens with zero attached hydrogens (tertiary/aromatic N) is 6. The third-order valence-corrected chi connectivity index (χ3v) is 9.09. The highest BCUT2D eigenvalue weighted by Crippen LogP contribution is 2.39. The first-order chi connectivity index (χ1) is 21.3. The van der Waals surface area contributed by atoms with E-state index >= 15 is 0 Å². The van der Waals surface area contributed by atoms with Gasteiger partial charge in [-0.1, -0.05) is 47.7 Å². The first-order valence-electron chi connectivity index (χ1n) is 14.0. The van der Waals surface area contributed by atoms with Crippen molar-refractivity contribution in [1.29, 1.82) is 0 Å². The standard InChI is InChI=1S/C36H22N6S/c1-3-11-31-27(9-1)29-19-23(13-15-33(29)41(31)25-7-5-17-37-21-25)35-39-40-36(43-35)24-14-16-34-30(20-24)28-10-2-4-12-32(28)42(34)26-8-6-18-38-22-26/h1-22H. The topological polar surface area (TPSA) is 61.4 Å². The molecule has 0 aliphatic carbocycles. The monoisotopic (exact) mass is 570 g/mol. The minimum Gasteiger partial charge on any atom is -0.308 e. The average molecular weight is 571 g/mol. The molecule has 5 aromatic heterocycles. The molecule has 0 saturated carbocycles. The lowest BCUT2D eigenvalue weighted by Gasteiger charge is -2.07. The average Bonchev–Trinajstić information content (AvgIpc) is 3.78. The van der Waals surface area contributed by atoms with Crippen LogP contribution in [0.2, 0.25) is 0 Å². The summed E-state index contributed by atoms with van der Waals surface area (Å²) in [7, 11) is 0. The van der Waals surface area contributed by atoms with Gasteiger partial charge in [-0.15, -0.1) is 10.2 Å². The quantitative estimate of drug-likeness (QED) is 0.212. The maximum absolute atomic E-state index is 4.65. The van der Waals surface area contributed by atoms with Gasteiger partial charge in [-0.2, -0.15) is 0 Å². The van der Waals surface area contributed by atoms with E-state index < -0.39 is 0 Å². The van der Waals surface area contributed by atoms with E-state index in [0.29, 0.717) is 0 Å². The summed E-state index contributed by atoms with van der Waals surface area (Å²) in [4.78, 5) is 8.72. The Bertz CT molecular complexity index is 2280. The third kappa shape index (κ3) is 3.72. The highest BCUT2D eigenvalue weighted by molar-refractivity contribution is 7.17. The molecule has 9 rings (SSSR count). The van der Waals surface area contributed by atoms with Crippen LogP contribution in [0.5, 0.6) is 0 Å². The van der Waals surface area contributed by atoms with Crippen LogP contribution < -0.4 is 0 Å². The largest absolute Gasteiger partial charge is 0.308 e. The lowest BCUT2D eigenvalue weighted by molar-refractivity contribution is 1.10. The van der Waals surface area contributed by atoms with Gasteiger partial charge in [0.15, 0.2) is 0 Å². The second-order valence-corrected chi connectivity index (χ2v) is 11.5. The number of hydrogen-bond donors (Lipinski definition) is 0. The second kappa shape index (κ2) is 9.44. The minimum atomic E-state index is 0.896. The van der Waals surface area contributed by atoms with Gasteiger partial charge in [0, 0.05) is 45.1 Å². The predicted molar refractivity (Wildman–Crippen MR) is 175 cm³/mol. The Morgan fingerprint density at radius 3 is 1.37 bits per heavy atom. The van der Waals surface area contributed by atoms with E-state index in [0.717, 1.165) is 54.6 Å². The minimum absolute atomic E-state index is 0.896. The van der Waals surface area contributed by atoms with Gasteiger partial charge in [-0.3, -0.25) is 9.97 Å². The molecule has 0 fully saturated rings. The van der Waals surface area contributed by atoms with Crippen LogP contribution in [0.15, 0.2) is 134 Å². The summed E-state index contributed by atoms with van der Waals surface area (Å²) in [5, 5.41) is 15.8. The highest BCUT2D eigenvalue weighted by atomic mass is 32.1. The van der Waals surface area contributed by atoms with Crippen LogP contribution in [0.25, 0.3) is 76.1 Å². The fraction of sp³-hybridized carbons (Fsp3) is 0. The molecule has 202 valence electrons. The van der Waals surface area contributed by atoms with Crippen LogP contribution in [0.4, 0.5) is 0 Å². The van der Waals surface area contributed by atoms with Crippen LogP contribution in [-0.4, -0.2) is 29.3 Å². The Labute approximate surface area is 250 Å². The van der Waals surface area contributed by atoms with Gasteiger partial charge < -0.3 is 9.13 Å². The van der Waals surface area contributed by atoms with Crippen molar-refractivity contribution in [3.63, 3.8) is 0 Å². The van der Waals surface area contributed by atoms with E-state index in [1.807, 2.05) is 24.5 Å². The van der Waals surface area contributed by atoms with Crippen molar-refractivity contribution in [2.75, 3.05) is 0 Å². The third-order valence-electron chi connectivity index (χ3n) is 8.07. The molecule has 5 heterocycles. The molecule has 0 saturated heterocycles. The van der Waals surface area contributed by atoms with E-state index in [9.17, 15) is 0 Å². The van der Waals surface area contributed by atoms with Gasteiger partial charge >= 0.3 is 0 Å². The molecular formula is C36H22N6S. The van der Waals surface area contributed by atoms with Gasteiger partial charge in [0.2, 0.25) is 0 Å². The number of aromatic nitrogens is 6. The van der Waals surface area contributed by atoms with Crippen molar-refractivity contribution in [1.82, 2.24) is 29.3 Å². The summed E-state index contributed by atoms with van der Waals surface area (Å²) in [6.45, 7) is 0. The summed E-state index contributed by atoms with van der Waals surface area (Å²) in [5.41, 5.74) is 8.77. The Morgan fingerprint density at radius 2 is 0.907 bits per heavy atom. The Morgan fingerprint density at radius 1 is 0.442 bits per heavy atom. The summed E-state index contributed by atoms with van der Waals surface area (Å²) < 4.78 is 4.54. The molecule has 4 aromatic carbocycles. The van der Waals surface area contributed by atoms with Crippen molar-refractivity contribution in [3.05, 3.63) is 134 Å². The van der Waals surface area contributed by atoms with Crippen LogP contribution in [-0.2, 0) is 0 Å². The summed E-state index contributed by atoms with van der Waals surface area (Å²) in [5.74, 6) is 0. The molecule has 0 amide bonds. The van der Waals surface area contributed by atoms with Crippen molar-refractivity contribution < 1.29 is 0 Å². The molecule has 0 aliphatic heterocycles. The van der Waals surface area contributed by atoms with Gasteiger partial charge in [-0.05, 0) is 72.8 Å². The first kappa shape index (κ1) is 24.0. The van der Waals surface area contributed by atoms with Gasteiger partial charge in [0.1, 0.15) is 10.0 Å². The Hall–Kier alpha value is -5.66. The fourth-order valence-electron chi connectivity index (χ4n) is 6.20. The van der Waals surface area contributed by atoms with Crippen molar-refractivity contribution in [2.24, 2.45) is 0 Å². The molecule has 0 bridgehead atoms. The lowest BCUT2D eigenvalue weighted by atomic mass is 10.1. The molecule has 0 aliphatic rings. The molecule has 0 unspecified atom stereocenters. The van der Waals surface area contributed by atoms with E-state index in [1.165, 1.54) is 21.5 Å². The van der Waals surface area contributed by atoms with Crippen molar-refractivity contribution in [3.8, 4) is 32.5 Å². The fourth-order valence-corrected chi connectivity index (χ4v) is 7.03. The van der Waals surface area contributed by atoms with E-state index in [1.54, 1.807) is 23.7 Å². The number of pyridine rings is 2. The van der Waals surface area contributed by atoms with Gasteiger partial charge in [0.25, 0.3) is 0 Å². The number of hydrogen-bond acceptors (Lipinski definition) is 5. The normalized spacial score (nSPS) is 11.7. The van der Waals surface area contributed by atoms with Crippen LogP contribution in [0.1, 0.15) is 0 Å². The van der Waals surface area contributed by atoms with Crippen LogP contribution in [0.3, 0.4) is 0 Å². The zero-order valence-electron chi connectivity index (χ0n) is 22.8. The Kier molecular flexibility index (Phi) is 5.27.